The number of rotatable bonds is 1. The summed E-state index contributed by atoms with van der Waals surface area (Å²) in [5.74, 6) is 0. The molecule has 0 rings (SSSR count). The van der Waals surface area contributed by atoms with Gasteiger partial charge in [-0.15, -0.1) is 0 Å². The van der Waals surface area contributed by atoms with Gasteiger partial charge in [-0.25, -0.2) is 0 Å². The molecule has 0 amide bonds. The molecule has 0 aliphatic rings. The average Bonchev–Trinajstić information content (AvgIpc) is 1.62. The van der Waals surface area contributed by atoms with Gasteiger partial charge in [-0.05, 0) is 36.2 Å². The van der Waals surface area contributed by atoms with E-state index in [9.17, 15) is 0 Å². The summed E-state index contributed by atoms with van der Waals surface area (Å²) in [4.78, 5) is 0. The Morgan fingerprint density at radius 1 is 1.67 bits per heavy atom. The van der Waals surface area contributed by atoms with Crippen LogP contribution in [0, 0.1) is 0 Å². The predicted octanol–water partition coefficient (Wildman–Crippen LogP) is 3.11. The van der Waals surface area contributed by atoms with Crippen molar-refractivity contribution in [1.82, 2.24) is 0 Å². The Morgan fingerprint density at radius 3 is 2.22 bits per heavy atom. The van der Waals surface area contributed by atoms with E-state index in [0.29, 0.717) is 0 Å². The lowest BCUT2D eigenvalue weighted by molar-refractivity contribution is 1.79. The molecular weight excluding hydrogens is 264 g/mol. The summed E-state index contributed by atoms with van der Waals surface area (Å²) in [5.41, 5.74) is 0. The quantitative estimate of drug-likeness (QED) is 0.310. The lowest BCUT2D eigenvalue weighted by atomic mass is 10.9. The Balaban J connectivity index is 4.13. The van der Waals surface area contributed by atoms with Crippen LogP contribution in [0.2, 0.25) is 0 Å². The number of hydrogen-bond donors (Lipinski definition) is 0. The predicted molar refractivity (Wildman–Crippen MR) is 60.6 cm³/mol. The van der Waals surface area contributed by atoms with Crippen LogP contribution in [-0.4, -0.2) is 24.7 Å². The summed E-state index contributed by atoms with van der Waals surface area (Å²) in [6.45, 7) is 6.22. The Kier molecular flexibility index (Phi) is 4.51. The minimum absolute atomic E-state index is 1.13. The first-order chi connectivity index (χ1) is 3.95. The van der Waals surface area contributed by atoms with Gasteiger partial charge < -0.3 is 0 Å². The number of hydrogen-bond acceptors (Lipinski definition) is 2. The first-order valence-corrected chi connectivity index (χ1v) is 8.67. The van der Waals surface area contributed by atoms with Crippen molar-refractivity contribution >= 4 is 48.5 Å². The lowest BCUT2D eigenvalue weighted by Crippen LogP contribution is -1.78. The lowest BCUT2D eigenvalue weighted by Gasteiger charge is -2.04. The summed E-state index contributed by atoms with van der Waals surface area (Å²) >= 11 is 2.23. The van der Waals surface area contributed by atoms with Crippen molar-refractivity contribution in [2.75, 3.05) is 13.3 Å². The molecule has 0 atom stereocenters. The highest BCUT2D eigenvalue weighted by Gasteiger charge is 1.94. The van der Waals surface area contributed by atoms with Gasteiger partial charge in [-0.1, -0.05) is 6.30 Å². The van der Waals surface area contributed by atoms with Crippen LogP contribution < -0.4 is 0 Å². The van der Waals surface area contributed by atoms with Crippen LogP contribution in [0.3, 0.4) is 0 Å². The number of nitrogens with zero attached hydrogens (tertiary/aromatic N) is 1. The minimum Gasteiger partial charge on any atom is -0.262 e. The highest BCUT2D eigenvalue weighted by Crippen LogP contribution is 2.38. The molecule has 0 aliphatic carbocycles. The van der Waals surface area contributed by atoms with Gasteiger partial charge >= 0.3 is 0 Å². The second kappa shape index (κ2) is 4.04. The monoisotopic (exact) mass is 275 g/mol. The van der Waals surface area contributed by atoms with Crippen LogP contribution in [0.4, 0.5) is 0 Å². The second-order valence-corrected chi connectivity index (χ2v) is 7.83. The van der Waals surface area contributed by atoms with Crippen molar-refractivity contribution in [2.45, 2.75) is 6.92 Å². The smallest absolute Gasteiger partial charge is 0.0789 e. The van der Waals surface area contributed by atoms with Gasteiger partial charge in [-0.2, -0.15) is 0 Å². The molecule has 0 aromatic carbocycles. The van der Waals surface area contributed by atoms with Gasteiger partial charge in [0.25, 0.3) is 0 Å². The summed E-state index contributed by atoms with van der Waals surface area (Å²) in [5, 5.41) is 1.13. The average molecular weight is 275 g/mol. The van der Waals surface area contributed by atoms with Crippen LogP contribution in [0.15, 0.2) is 4.76 Å². The molecule has 0 radical (unpaired) electrons. The first kappa shape index (κ1) is 10.0. The second-order valence-electron chi connectivity index (χ2n) is 2.32. The van der Waals surface area contributed by atoms with Crippen molar-refractivity contribution in [1.29, 1.82) is 0 Å². The molecule has 0 spiro atoms. The van der Waals surface area contributed by atoms with Crippen molar-refractivity contribution in [2.24, 2.45) is 4.76 Å². The molecule has 0 aromatic heterocycles. The van der Waals surface area contributed by atoms with E-state index in [1.165, 1.54) is 0 Å². The Labute approximate surface area is 73.3 Å². The van der Waals surface area contributed by atoms with E-state index in [1.54, 1.807) is 8.93 Å². The molecule has 0 heterocycles. The van der Waals surface area contributed by atoms with E-state index < -0.39 is 7.04 Å². The van der Waals surface area contributed by atoms with Crippen LogP contribution in [0.5, 0.6) is 0 Å². The maximum Gasteiger partial charge on any atom is 0.0789 e. The number of halogens is 1. The van der Waals surface area contributed by atoms with Crippen molar-refractivity contribution in [3.8, 4) is 0 Å². The SMILES string of the molecule is C=P(C)(C)N=C(C)SI. The Hall–Kier alpha value is 1.05. The summed E-state index contributed by atoms with van der Waals surface area (Å²) in [7, 11) is 0.483. The molecule has 0 saturated carbocycles. The topological polar surface area (TPSA) is 12.4 Å². The molecule has 0 fully saturated rings. The van der Waals surface area contributed by atoms with Crippen LogP contribution in [0.1, 0.15) is 6.92 Å². The van der Waals surface area contributed by atoms with Crippen molar-refractivity contribution in [3.05, 3.63) is 0 Å². The third-order valence-electron chi connectivity index (χ3n) is 0.523. The zero-order valence-corrected chi connectivity index (χ0v) is 9.76. The molecule has 0 N–H and O–H groups in total. The molecule has 4 heteroatoms. The van der Waals surface area contributed by atoms with E-state index in [0.717, 1.165) is 5.04 Å². The van der Waals surface area contributed by atoms with Crippen molar-refractivity contribution in [3.63, 3.8) is 0 Å². The van der Waals surface area contributed by atoms with Crippen LogP contribution in [0.25, 0.3) is 0 Å². The zero-order chi connectivity index (χ0) is 7.49. The van der Waals surface area contributed by atoms with Gasteiger partial charge in [0, 0.05) is 21.2 Å². The summed E-state index contributed by atoms with van der Waals surface area (Å²) < 4.78 is 4.40. The van der Waals surface area contributed by atoms with Gasteiger partial charge in [0.1, 0.15) is 0 Å². The zero-order valence-electron chi connectivity index (χ0n) is 5.89. The van der Waals surface area contributed by atoms with E-state index in [1.807, 2.05) is 6.92 Å². The van der Waals surface area contributed by atoms with Gasteiger partial charge in [0.15, 0.2) is 0 Å². The molecule has 0 unspecified atom stereocenters. The Morgan fingerprint density at radius 2 is 2.11 bits per heavy atom. The standard InChI is InChI=1S/C5H11INPS/c1-5(9-6)7-8(2,3)4/h2H2,1,3-4H3. The van der Waals surface area contributed by atoms with E-state index in [4.69, 9.17) is 0 Å². The third-order valence-corrected chi connectivity index (χ3v) is 3.73. The fourth-order valence-electron chi connectivity index (χ4n) is 0.397. The minimum atomic E-state index is -1.18. The van der Waals surface area contributed by atoms with Gasteiger partial charge in [0.2, 0.25) is 0 Å². The van der Waals surface area contributed by atoms with Crippen LogP contribution >= 0.6 is 37.2 Å². The van der Waals surface area contributed by atoms with Crippen molar-refractivity contribution < 1.29 is 0 Å². The normalized spacial score (nSPS) is 14.0. The summed E-state index contributed by atoms with van der Waals surface area (Å²) in [6, 6.07) is 0. The van der Waals surface area contributed by atoms with Gasteiger partial charge in [-0.3, -0.25) is 4.76 Å². The summed E-state index contributed by atoms with van der Waals surface area (Å²) in [6.07, 6.45) is 3.97. The molecular formula is C5H11INPS. The van der Waals surface area contributed by atoms with E-state index >= 15 is 0 Å². The maximum absolute atomic E-state index is 4.40. The first-order valence-electron chi connectivity index (χ1n) is 2.49. The van der Waals surface area contributed by atoms with Crippen LogP contribution in [-0.2, 0) is 0 Å². The molecule has 0 bridgehead atoms. The largest absolute Gasteiger partial charge is 0.262 e. The van der Waals surface area contributed by atoms with E-state index in [-0.39, 0.29) is 0 Å². The highest BCUT2D eigenvalue weighted by atomic mass is 127. The van der Waals surface area contributed by atoms with Gasteiger partial charge in [0.05, 0.1) is 5.04 Å². The third kappa shape index (κ3) is 6.94. The molecule has 54 valence electrons. The molecule has 9 heavy (non-hydrogen) atoms. The Bertz CT molecular complexity index is 160. The molecule has 0 aromatic rings. The van der Waals surface area contributed by atoms with E-state index in [2.05, 4.69) is 45.6 Å². The molecule has 0 saturated heterocycles. The maximum atomic E-state index is 4.40. The molecule has 0 aliphatic heterocycles. The fourth-order valence-corrected chi connectivity index (χ4v) is 2.74. The highest BCUT2D eigenvalue weighted by molar-refractivity contribution is 14.2. The molecule has 1 nitrogen and oxygen atoms in total. The fraction of sp³-hybridized carbons (Fsp3) is 0.600.